The minimum absolute atomic E-state index is 0. The van der Waals surface area contributed by atoms with Crippen molar-refractivity contribution < 1.29 is 19.2 Å². The third-order valence-electron chi connectivity index (χ3n) is 0. The summed E-state index contributed by atoms with van der Waals surface area (Å²) in [4.78, 5) is 25.6. The minimum atomic E-state index is -5.39. The Morgan fingerprint density at radius 1 is 0.889 bits per heavy atom. The Hall–Kier alpha value is 5.37. The molecule has 0 aromatic rings. The van der Waals surface area contributed by atoms with Crippen LogP contribution < -0.4 is 14.7 Å². The molecule has 0 spiro atoms. The topological polar surface area (TPSA) is 86.2 Å². The van der Waals surface area contributed by atoms with Crippen molar-refractivity contribution in [2.45, 2.75) is 0 Å². The van der Waals surface area contributed by atoms with Crippen LogP contribution in [0.3, 0.4) is 0 Å². The number of hydrogen-bond acceptors (Lipinski definition) is 4. The molecule has 0 fully saturated rings. The average Bonchev–Trinajstić information content (AvgIpc) is 0.722. The van der Waals surface area contributed by atoms with E-state index in [1.54, 1.807) is 0 Å². The van der Waals surface area contributed by atoms with Crippen LogP contribution in [0.1, 0.15) is 0 Å². The van der Waals surface area contributed by atoms with Crippen LogP contribution in [0.25, 0.3) is 0 Å². The van der Waals surface area contributed by atoms with Gasteiger partial charge in [0.25, 0.3) is 0 Å². The third kappa shape index (κ3) is 59.9. The fourth-order valence-electron chi connectivity index (χ4n) is 0. The second-order valence-electron chi connectivity index (χ2n) is 0.447. The molecule has 0 aliphatic carbocycles. The van der Waals surface area contributed by atoms with Crippen LogP contribution in [-0.4, -0.2) is 159 Å². The Balaban J connectivity index is -0.0000000133. The van der Waals surface area contributed by atoms with Crippen LogP contribution in [0.5, 0.6) is 0 Å². The second-order valence-corrected chi connectivity index (χ2v) is 1.34. The Labute approximate surface area is 180 Å². The van der Waals surface area contributed by atoms with E-state index in [0.29, 0.717) is 0 Å². The maximum Gasteiger partial charge on any atom is 2.00 e. The summed E-state index contributed by atoms with van der Waals surface area (Å²) in [6.45, 7) is 0. The molecule has 0 N–H and O–H groups in total. The molecule has 0 unspecified atom stereocenters. The first-order valence-electron chi connectivity index (χ1n) is 0.730. The molecule has 0 saturated heterocycles. The zero-order valence-electron chi connectivity index (χ0n) is 4.91. The van der Waals surface area contributed by atoms with E-state index < -0.39 is 7.82 Å². The van der Waals surface area contributed by atoms with Crippen molar-refractivity contribution in [1.29, 1.82) is 0 Å². The van der Waals surface area contributed by atoms with Crippen molar-refractivity contribution in [1.82, 2.24) is 0 Å². The molecule has 9 heteroatoms. The number of rotatable bonds is 0. The van der Waals surface area contributed by atoms with Gasteiger partial charge in [-0.25, -0.2) is 0 Å². The molecule has 0 bridgehead atoms. The van der Waals surface area contributed by atoms with Crippen molar-refractivity contribution in [3.63, 3.8) is 0 Å². The van der Waals surface area contributed by atoms with Gasteiger partial charge in [0.1, 0.15) is 0 Å². The number of hydrogen-bond donors (Lipinski definition) is 0. The van der Waals surface area contributed by atoms with Crippen molar-refractivity contribution in [2.75, 3.05) is 0 Å². The van der Waals surface area contributed by atoms with Gasteiger partial charge in [0, 0.05) is 0 Å². The SMILES string of the molecule is O=P([O-])([O-])[O-].[Ca+2].[Ca+2].[Ca+2].[Sr+2]. The fourth-order valence-corrected chi connectivity index (χ4v) is 0. The van der Waals surface area contributed by atoms with Crippen molar-refractivity contribution >= 4 is 167 Å². The average molecular weight is 303 g/mol. The van der Waals surface area contributed by atoms with Gasteiger partial charge in [-0.1, -0.05) is 0 Å². The van der Waals surface area contributed by atoms with Gasteiger partial charge in [-0.3, -0.25) is 0 Å². The summed E-state index contributed by atoms with van der Waals surface area (Å²) in [6, 6.07) is 0. The maximum absolute atomic E-state index is 8.55. The van der Waals surface area contributed by atoms with E-state index in [0.717, 1.165) is 0 Å². The Kier molecular flexibility index (Phi) is 51.4. The van der Waals surface area contributed by atoms with Crippen LogP contribution in [0, 0.1) is 0 Å². The van der Waals surface area contributed by atoms with Gasteiger partial charge in [0.05, 0.1) is 0 Å². The molecule has 0 amide bonds. The van der Waals surface area contributed by atoms with Gasteiger partial charge in [-0.15, -0.1) is 0 Å². The summed E-state index contributed by atoms with van der Waals surface area (Å²) in [5.41, 5.74) is 0. The minimum Gasteiger partial charge on any atom is -0.822 e. The second kappa shape index (κ2) is 15.8. The van der Waals surface area contributed by atoms with Gasteiger partial charge in [0.15, 0.2) is 0 Å². The molecule has 0 aromatic carbocycles. The first-order chi connectivity index (χ1) is 2.00. The normalized spacial score (nSPS) is 6.56. The molecule has 32 valence electrons. The summed E-state index contributed by atoms with van der Waals surface area (Å²) >= 11 is 0. The molecule has 0 aromatic heterocycles. The Morgan fingerprint density at radius 2 is 0.889 bits per heavy atom. The van der Waals surface area contributed by atoms with Crippen LogP contribution in [0.15, 0.2) is 0 Å². The molecule has 9 heavy (non-hydrogen) atoms. The van der Waals surface area contributed by atoms with E-state index in [-0.39, 0.29) is 159 Å². The molecule has 0 rings (SSSR count). The largest absolute Gasteiger partial charge is 2.00 e. The molecule has 0 heterocycles. The molecule has 0 radical (unpaired) electrons. The standard InChI is InChI=1S/3Ca.H3O4P.Sr/c;;;1-5(2,3)4;/h;;;(H3,1,2,3,4);/q3*+2;;+2/p-3. The molecule has 0 saturated carbocycles. The summed E-state index contributed by atoms with van der Waals surface area (Å²) < 4.78 is 8.55. The fraction of sp³-hybridized carbons (Fsp3) is 0. The Morgan fingerprint density at radius 3 is 0.889 bits per heavy atom. The van der Waals surface area contributed by atoms with Crippen LogP contribution in [0.2, 0.25) is 0 Å². The van der Waals surface area contributed by atoms with Crippen molar-refractivity contribution in [3.05, 3.63) is 0 Å². The van der Waals surface area contributed by atoms with Gasteiger partial charge in [-0.2, -0.15) is 7.82 Å². The van der Waals surface area contributed by atoms with Crippen LogP contribution in [0.4, 0.5) is 0 Å². The summed E-state index contributed by atoms with van der Waals surface area (Å²) in [6.07, 6.45) is 0. The predicted molar refractivity (Wildman–Crippen MR) is 30.6 cm³/mol. The van der Waals surface area contributed by atoms with Crippen LogP contribution in [-0.2, 0) is 4.57 Å². The van der Waals surface area contributed by atoms with E-state index in [4.69, 9.17) is 19.2 Å². The van der Waals surface area contributed by atoms with Gasteiger partial charge in [0.2, 0.25) is 0 Å². The van der Waals surface area contributed by atoms with Crippen LogP contribution >= 0.6 is 7.82 Å². The van der Waals surface area contributed by atoms with E-state index >= 15 is 0 Å². The molecular formula is Ca3O4PSr+5. The van der Waals surface area contributed by atoms with E-state index in [9.17, 15) is 0 Å². The maximum atomic E-state index is 8.55. The van der Waals surface area contributed by atoms with Crippen molar-refractivity contribution in [2.24, 2.45) is 0 Å². The first kappa shape index (κ1) is 29.3. The number of phosphoric acid groups is 1. The quantitative estimate of drug-likeness (QED) is 0.334. The van der Waals surface area contributed by atoms with Gasteiger partial charge < -0.3 is 19.2 Å². The predicted octanol–water partition coefficient (Wildman–Crippen LogP) is -4.35. The monoisotopic (exact) mass is 303 g/mol. The van der Waals surface area contributed by atoms with E-state index in [2.05, 4.69) is 0 Å². The molecule has 0 aliphatic rings. The van der Waals surface area contributed by atoms with E-state index in [1.165, 1.54) is 0 Å². The van der Waals surface area contributed by atoms with Gasteiger partial charge >= 0.3 is 159 Å². The molecule has 0 atom stereocenters. The molecule has 4 nitrogen and oxygen atoms in total. The third-order valence-corrected chi connectivity index (χ3v) is 0. The summed E-state index contributed by atoms with van der Waals surface area (Å²) in [7, 11) is -5.39. The van der Waals surface area contributed by atoms with Gasteiger partial charge in [-0.05, 0) is 0 Å². The zero-order chi connectivity index (χ0) is 4.50. The molecular weight excluding hydrogens is 303 g/mol. The van der Waals surface area contributed by atoms with E-state index in [1.807, 2.05) is 0 Å². The van der Waals surface area contributed by atoms with Crippen molar-refractivity contribution in [3.8, 4) is 0 Å². The summed E-state index contributed by atoms with van der Waals surface area (Å²) in [5.74, 6) is 0. The Bertz CT molecular complexity index is 61.9. The molecule has 0 aliphatic heterocycles. The smallest absolute Gasteiger partial charge is 0.822 e. The first-order valence-corrected chi connectivity index (χ1v) is 2.19. The zero-order valence-corrected chi connectivity index (χ0v) is 15.9. The summed E-state index contributed by atoms with van der Waals surface area (Å²) in [5, 5.41) is 0.